The maximum absolute atomic E-state index is 5.93. The Morgan fingerprint density at radius 3 is 2.38 bits per heavy atom. The summed E-state index contributed by atoms with van der Waals surface area (Å²) in [6.07, 6.45) is 0. The Balaban J connectivity index is 1.38. The summed E-state index contributed by atoms with van der Waals surface area (Å²) in [5, 5.41) is 7.37. The van der Waals surface area contributed by atoms with E-state index in [2.05, 4.69) is 54.7 Å². The van der Waals surface area contributed by atoms with Crippen molar-refractivity contribution in [2.24, 2.45) is 0 Å². The minimum absolute atomic E-state index is 0.401. The number of rotatable bonds is 6. The van der Waals surface area contributed by atoms with Gasteiger partial charge in [-0.2, -0.15) is 9.97 Å². The highest BCUT2D eigenvalue weighted by Gasteiger charge is 2.20. The molecule has 9 heteroatoms. The monoisotopic (exact) mass is 468 g/mol. The van der Waals surface area contributed by atoms with Gasteiger partial charge >= 0.3 is 0 Å². The lowest BCUT2D eigenvalue weighted by Crippen LogP contribution is -2.46. The Bertz CT molecular complexity index is 1040. The number of nitrogens with one attached hydrogen (secondary N) is 2. The van der Waals surface area contributed by atoms with Crippen molar-refractivity contribution < 1.29 is 4.74 Å². The van der Waals surface area contributed by atoms with Gasteiger partial charge in [0.25, 0.3) is 0 Å². The molecule has 1 saturated heterocycles. The van der Waals surface area contributed by atoms with Gasteiger partial charge in [-0.1, -0.05) is 41.9 Å². The number of nitrogens with zero attached hydrogens (tertiary/aromatic N) is 4. The normalized spacial score (nSPS) is 13.6. The number of para-hydroxylation sites is 1. The SMILES string of the molecule is COc1cc(N2CCN(c3ccccc3)CC2)nc(NC(=S)NCc2ccc(Cl)cc2)n1. The second kappa shape index (κ2) is 10.5. The fourth-order valence-electron chi connectivity index (χ4n) is 3.50. The van der Waals surface area contributed by atoms with Crippen molar-refractivity contribution in [3.63, 3.8) is 0 Å². The average Bonchev–Trinajstić information content (AvgIpc) is 2.84. The van der Waals surface area contributed by atoms with Crippen LogP contribution < -0.4 is 25.2 Å². The predicted octanol–water partition coefficient (Wildman–Crippen LogP) is 3.95. The van der Waals surface area contributed by atoms with E-state index >= 15 is 0 Å². The van der Waals surface area contributed by atoms with Gasteiger partial charge in [0.15, 0.2) is 5.11 Å². The van der Waals surface area contributed by atoms with E-state index < -0.39 is 0 Å². The summed E-state index contributed by atoms with van der Waals surface area (Å²) in [5.74, 6) is 1.70. The Hall–Kier alpha value is -3.10. The predicted molar refractivity (Wildman–Crippen MR) is 134 cm³/mol. The standard InChI is InChI=1S/C23H25ClN6OS/c1-31-21-15-20(30-13-11-29(12-14-30)19-5-3-2-4-6-19)26-22(27-21)28-23(32)25-16-17-7-9-18(24)10-8-17/h2-10,15H,11-14,16H2,1H3,(H2,25,26,27,28,32). The first kappa shape index (κ1) is 22.1. The van der Waals surface area contributed by atoms with E-state index in [0.717, 1.165) is 37.6 Å². The Labute approximate surface area is 198 Å². The molecule has 2 aromatic carbocycles. The molecular weight excluding hydrogens is 444 g/mol. The zero-order chi connectivity index (χ0) is 22.3. The molecule has 0 aliphatic carbocycles. The molecule has 0 saturated carbocycles. The van der Waals surface area contributed by atoms with Crippen molar-refractivity contribution in [1.82, 2.24) is 15.3 Å². The molecule has 7 nitrogen and oxygen atoms in total. The third kappa shape index (κ3) is 5.77. The Morgan fingerprint density at radius 1 is 1.00 bits per heavy atom. The van der Waals surface area contributed by atoms with E-state index in [-0.39, 0.29) is 0 Å². The maximum Gasteiger partial charge on any atom is 0.234 e. The molecule has 0 bridgehead atoms. The molecule has 2 heterocycles. The van der Waals surface area contributed by atoms with E-state index in [1.54, 1.807) is 7.11 Å². The van der Waals surface area contributed by atoms with Gasteiger partial charge in [-0.15, -0.1) is 0 Å². The van der Waals surface area contributed by atoms with Crippen LogP contribution >= 0.6 is 23.8 Å². The zero-order valence-electron chi connectivity index (χ0n) is 17.8. The smallest absolute Gasteiger partial charge is 0.234 e. The van der Waals surface area contributed by atoms with Crippen molar-refractivity contribution in [2.75, 3.05) is 48.4 Å². The minimum Gasteiger partial charge on any atom is -0.481 e. The summed E-state index contributed by atoms with van der Waals surface area (Å²) >= 11 is 11.4. The molecule has 32 heavy (non-hydrogen) atoms. The molecule has 0 radical (unpaired) electrons. The van der Waals surface area contributed by atoms with Crippen molar-refractivity contribution in [2.45, 2.75) is 6.54 Å². The number of thiocarbonyl (C=S) groups is 1. The molecule has 4 rings (SSSR count). The molecule has 0 spiro atoms. The molecule has 1 aliphatic heterocycles. The largest absolute Gasteiger partial charge is 0.481 e. The van der Waals surface area contributed by atoms with Gasteiger partial charge < -0.3 is 25.2 Å². The van der Waals surface area contributed by atoms with Crippen LogP contribution in [0.2, 0.25) is 5.02 Å². The summed E-state index contributed by atoms with van der Waals surface area (Å²) in [6, 6.07) is 19.9. The molecule has 1 aliphatic rings. The van der Waals surface area contributed by atoms with Crippen LogP contribution in [0.15, 0.2) is 60.7 Å². The summed E-state index contributed by atoms with van der Waals surface area (Å²) < 4.78 is 5.39. The Kier molecular flexibility index (Phi) is 7.24. The van der Waals surface area contributed by atoms with Crippen molar-refractivity contribution >= 4 is 46.4 Å². The summed E-state index contributed by atoms with van der Waals surface area (Å²) in [7, 11) is 1.60. The number of aromatic nitrogens is 2. The van der Waals surface area contributed by atoms with Crippen LogP contribution in [0.3, 0.4) is 0 Å². The lowest BCUT2D eigenvalue weighted by atomic mass is 10.2. The molecule has 0 amide bonds. The molecule has 1 fully saturated rings. The molecule has 1 aromatic heterocycles. The lowest BCUT2D eigenvalue weighted by Gasteiger charge is -2.36. The van der Waals surface area contributed by atoms with Crippen molar-refractivity contribution in [3.8, 4) is 5.88 Å². The van der Waals surface area contributed by atoms with Crippen LogP contribution in [-0.2, 0) is 6.54 Å². The fourth-order valence-corrected chi connectivity index (χ4v) is 3.79. The van der Waals surface area contributed by atoms with E-state index in [1.165, 1.54) is 5.69 Å². The van der Waals surface area contributed by atoms with Crippen LogP contribution in [-0.4, -0.2) is 48.4 Å². The van der Waals surface area contributed by atoms with E-state index in [0.29, 0.717) is 28.5 Å². The molecule has 166 valence electrons. The van der Waals surface area contributed by atoms with Crippen LogP contribution in [0.1, 0.15) is 5.56 Å². The lowest BCUT2D eigenvalue weighted by molar-refractivity contribution is 0.397. The number of methoxy groups -OCH3 is 1. The summed E-state index contributed by atoms with van der Waals surface area (Å²) in [6.45, 7) is 4.11. The van der Waals surface area contributed by atoms with Gasteiger partial charge in [0, 0.05) is 49.5 Å². The van der Waals surface area contributed by atoms with Gasteiger partial charge in [-0.3, -0.25) is 0 Å². The summed E-state index contributed by atoms with van der Waals surface area (Å²) in [4.78, 5) is 13.7. The number of anilines is 3. The topological polar surface area (TPSA) is 65.6 Å². The van der Waals surface area contributed by atoms with Crippen molar-refractivity contribution in [3.05, 3.63) is 71.2 Å². The quantitative estimate of drug-likeness (QED) is 0.527. The van der Waals surface area contributed by atoms with Crippen LogP contribution in [0.4, 0.5) is 17.5 Å². The zero-order valence-corrected chi connectivity index (χ0v) is 19.4. The number of benzene rings is 2. The molecule has 2 N–H and O–H groups in total. The highest BCUT2D eigenvalue weighted by molar-refractivity contribution is 7.80. The molecular formula is C23H25ClN6OS. The summed E-state index contributed by atoms with van der Waals surface area (Å²) in [5.41, 5.74) is 2.31. The van der Waals surface area contributed by atoms with Gasteiger partial charge in [-0.05, 0) is 42.0 Å². The van der Waals surface area contributed by atoms with Gasteiger partial charge in [-0.25, -0.2) is 0 Å². The van der Waals surface area contributed by atoms with Gasteiger partial charge in [0.2, 0.25) is 11.8 Å². The Morgan fingerprint density at radius 2 is 1.69 bits per heavy atom. The van der Waals surface area contributed by atoms with Crippen molar-refractivity contribution in [1.29, 1.82) is 0 Å². The molecule has 3 aromatic rings. The number of piperazine rings is 1. The number of halogens is 1. The number of ether oxygens (including phenoxy) is 1. The van der Waals surface area contributed by atoms with Crippen LogP contribution in [0, 0.1) is 0 Å². The second-order valence-corrected chi connectivity index (χ2v) is 8.18. The highest BCUT2D eigenvalue weighted by atomic mass is 35.5. The van der Waals surface area contributed by atoms with Crippen LogP contribution in [0.25, 0.3) is 0 Å². The van der Waals surface area contributed by atoms with Gasteiger partial charge in [0.1, 0.15) is 5.82 Å². The van der Waals surface area contributed by atoms with Gasteiger partial charge in [0.05, 0.1) is 7.11 Å². The van der Waals surface area contributed by atoms with E-state index in [9.17, 15) is 0 Å². The number of hydrogen-bond acceptors (Lipinski definition) is 6. The highest BCUT2D eigenvalue weighted by Crippen LogP contribution is 2.23. The third-order valence-corrected chi connectivity index (χ3v) is 5.71. The van der Waals surface area contributed by atoms with E-state index in [1.807, 2.05) is 36.4 Å². The number of hydrogen-bond donors (Lipinski definition) is 2. The average molecular weight is 469 g/mol. The minimum atomic E-state index is 0.401. The second-order valence-electron chi connectivity index (χ2n) is 7.34. The first-order valence-electron chi connectivity index (χ1n) is 10.4. The molecule has 0 unspecified atom stereocenters. The molecule has 0 atom stereocenters. The maximum atomic E-state index is 5.93. The van der Waals surface area contributed by atoms with Crippen LogP contribution in [0.5, 0.6) is 5.88 Å². The van der Waals surface area contributed by atoms with E-state index in [4.69, 9.17) is 28.6 Å². The third-order valence-electron chi connectivity index (χ3n) is 5.21. The first-order chi connectivity index (χ1) is 15.6. The fraction of sp³-hybridized carbons (Fsp3) is 0.261. The first-order valence-corrected chi connectivity index (χ1v) is 11.2.